The molecule has 1 N–H and O–H groups in total. The minimum atomic E-state index is -4.20. The van der Waals surface area contributed by atoms with Gasteiger partial charge in [-0.1, -0.05) is 11.3 Å². The number of hydrogen-bond acceptors (Lipinski definition) is 4. The molecule has 1 aliphatic rings. The first-order valence-electron chi connectivity index (χ1n) is 5.31. The maximum atomic E-state index is 12.5. The molecule has 1 atom stereocenters. The highest BCUT2D eigenvalue weighted by Crippen LogP contribution is 2.37. The maximum absolute atomic E-state index is 12.5. The van der Waals surface area contributed by atoms with Crippen molar-refractivity contribution in [2.75, 3.05) is 18.0 Å². The number of alkyl halides is 3. The van der Waals surface area contributed by atoms with E-state index in [1.807, 2.05) is 0 Å². The van der Waals surface area contributed by atoms with E-state index >= 15 is 0 Å². The lowest BCUT2D eigenvalue weighted by Gasteiger charge is -2.16. The van der Waals surface area contributed by atoms with Crippen molar-refractivity contribution in [1.29, 1.82) is 0 Å². The normalized spacial score (nSPS) is 20.4. The molecular weight excluding hydrogens is 269 g/mol. The van der Waals surface area contributed by atoms with E-state index in [1.165, 1.54) is 4.90 Å². The summed E-state index contributed by atoms with van der Waals surface area (Å²) in [5, 5.41) is 9.23. The molecule has 0 saturated carbocycles. The Labute approximate surface area is 105 Å². The molecule has 1 fully saturated rings. The van der Waals surface area contributed by atoms with Crippen molar-refractivity contribution in [1.82, 2.24) is 4.98 Å². The second-order valence-electron chi connectivity index (χ2n) is 4.19. The molecule has 100 valence electrons. The fraction of sp³-hybridized carbons (Fsp3) is 0.600. The van der Waals surface area contributed by atoms with Crippen LogP contribution < -0.4 is 4.90 Å². The summed E-state index contributed by atoms with van der Waals surface area (Å²) in [6.07, 6.45) is -4.17. The Morgan fingerprint density at radius 3 is 2.67 bits per heavy atom. The van der Waals surface area contributed by atoms with Crippen LogP contribution in [0.2, 0.25) is 0 Å². The van der Waals surface area contributed by atoms with Crippen molar-refractivity contribution in [2.45, 2.75) is 19.5 Å². The number of thiazole rings is 1. The zero-order valence-electron chi connectivity index (χ0n) is 9.49. The molecule has 18 heavy (non-hydrogen) atoms. The number of nitrogens with zero attached hydrogens (tertiary/aromatic N) is 2. The molecule has 0 aromatic carbocycles. The van der Waals surface area contributed by atoms with Crippen molar-refractivity contribution in [3.8, 4) is 0 Å². The van der Waals surface area contributed by atoms with Gasteiger partial charge in [0.2, 0.25) is 0 Å². The highest BCUT2D eigenvalue weighted by molar-refractivity contribution is 7.17. The van der Waals surface area contributed by atoms with Gasteiger partial charge in [-0.15, -0.1) is 0 Å². The number of carbonyl (C=O) groups is 1. The van der Waals surface area contributed by atoms with Crippen LogP contribution in [0.25, 0.3) is 0 Å². The highest BCUT2D eigenvalue weighted by Gasteiger charge is 2.44. The van der Waals surface area contributed by atoms with Crippen LogP contribution in [0.15, 0.2) is 0 Å². The minimum Gasteiger partial charge on any atom is -0.477 e. The molecule has 0 aliphatic carbocycles. The number of rotatable bonds is 2. The SMILES string of the molecule is Cc1nc(N2CCC(C(F)(F)F)C2)sc1C(=O)O. The lowest BCUT2D eigenvalue weighted by Crippen LogP contribution is -2.27. The van der Waals surface area contributed by atoms with Gasteiger partial charge < -0.3 is 10.0 Å². The van der Waals surface area contributed by atoms with E-state index in [4.69, 9.17) is 5.11 Å². The van der Waals surface area contributed by atoms with Crippen LogP contribution in [-0.4, -0.2) is 35.3 Å². The number of carboxylic acid groups (broad SMARTS) is 1. The number of aromatic nitrogens is 1. The molecular formula is C10H11F3N2O2S. The Kier molecular flexibility index (Phi) is 3.22. The largest absolute Gasteiger partial charge is 0.477 e. The zero-order chi connectivity index (χ0) is 13.5. The van der Waals surface area contributed by atoms with Crippen molar-refractivity contribution in [3.63, 3.8) is 0 Å². The van der Waals surface area contributed by atoms with Crippen LogP contribution in [0.4, 0.5) is 18.3 Å². The van der Waals surface area contributed by atoms with Crippen LogP contribution in [0, 0.1) is 12.8 Å². The molecule has 1 aromatic rings. The first-order chi connectivity index (χ1) is 8.29. The third-order valence-corrected chi connectivity index (χ3v) is 4.11. The molecule has 2 heterocycles. The van der Waals surface area contributed by atoms with Crippen LogP contribution in [0.1, 0.15) is 21.8 Å². The fourth-order valence-corrected chi connectivity index (χ4v) is 2.86. The van der Waals surface area contributed by atoms with Crippen molar-refractivity contribution >= 4 is 22.4 Å². The van der Waals surface area contributed by atoms with Gasteiger partial charge >= 0.3 is 12.1 Å². The van der Waals surface area contributed by atoms with E-state index in [-0.39, 0.29) is 24.4 Å². The Morgan fingerprint density at radius 2 is 2.22 bits per heavy atom. The summed E-state index contributed by atoms with van der Waals surface area (Å²) in [6.45, 7) is 1.66. The average molecular weight is 280 g/mol. The summed E-state index contributed by atoms with van der Waals surface area (Å²) >= 11 is 0.925. The Morgan fingerprint density at radius 1 is 1.56 bits per heavy atom. The maximum Gasteiger partial charge on any atom is 0.393 e. The van der Waals surface area contributed by atoms with E-state index in [0.717, 1.165) is 11.3 Å². The average Bonchev–Trinajstić information content (AvgIpc) is 2.81. The van der Waals surface area contributed by atoms with E-state index in [0.29, 0.717) is 10.8 Å². The van der Waals surface area contributed by atoms with Crippen LogP contribution in [0.3, 0.4) is 0 Å². The van der Waals surface area contributed by atoms with Gasteiger partial charge in [0.25, 0.3) is 0 Å². The Bertz CT molecular complexity index is 472. The second-order valence-corrected chi connectivity index (χ2v) is 5.17. The van der Waals surface area contributed by atoms with Gasteiger partial charge in [0.05, 0.1) is 11.6 Å². The van der Waals surface area contributed by atoms with Gasteiger partial charge in [-0.2, -0.15) is 13.2 Å². The summed E-state index contributed by atoms with van der Waals surface area (Å²) in [5.74, 6) is -2.45. The third-order valence-electron chi connectivity index (χ3n) is 2.90. The summed E-state index contributed by atoms with van der Waals surface area (Å²) in [4.78, 5) is 16.5. The topological polar surface area (TPSA) is 53.4 Å². The molecule has 0 amide bonds. The predicted molar refractivity (Wildman–Crippen MR) is 60.2 cm³/mol. The number of halogens is 3. The Balaban J connectivity index is 2.15. The molecule has 0 bridgehead atoms. The molecule has 4 nitrogen and oxygen atoms in total. The molecule has 2 rings (SSSR count). The third kappa shape index (κ3) is 2.43. The van der Waals surface area contributed by atoms with Crippen molar-refractivity contribution in [2.24, 2.45) is 5.92 Å². The van der Waals surface area contributed by atoms with Gasteiger partial charge in [-0.3, -0.25) is 0 Å². The van der Waals surface area contributed by atoms with Crippen molar-refractivity contribution < 1.29 is 23.1 Å². The number of anilines is 1. The lowest BCUT2D eigenvalue weighted by molar-refractivity contribution is -0.168. The fourth-order valence-electron chi connectivity index (χ4n) is 1.92. The summed E-state index contributed by atoms with van der Waals surface area (Å²) < 4.78 is 37.6. The predicted octanol–water partition coefficient (Wildman–Crippen LogP) is 2.54. The van der Waals surface area contributed by atoms with Crippen LogP contribution >= 0.6 is 11.3 Å². The van der Waals surface area contributed by atoms with Gasteiger partial charge in [0.1, 0.15) is 4.88 Å². The quantitative estimate of drug-likeness (QED) is 0.904. The Hall–Kier alpha value is -1.31. The second kappa shape index (κ2) is 4.42. The first kappa shape index (κ1) is 13.1. The van der Waals surface area contributed by atoms with E-state index in [2.05, 4.69) is 4.98 Å². The van der Waals surface area contributed by atoms with Gasteiger partial charge in [0.15, 0.2) is 5.13 Å². The molecule has 0 spiro atoms. The monoisotopic (exact) mass is 280 g/mol. The minimum absolute atomic E-state index is 0.0323. The van der Waals surface area contributed by atoms with Gasteiger partial charge in [0, 0.05) is 13.1 Å². The molecule has 1 aliphatic heterocycles. The van der Waals surface area contributed by atoms with Crippen LogP contribution in [-0.2, 0) is 0 Å². The first-order valence-corrected chi connectivity index (χ1v) is 6.13. The smallest absolute Gasteiger partial charge is 0.393 e. The van der Waals surface area contributed by atoms with E-state index in [9.17, 15) is 18.0 Å². The standard InChI is InChI=1S/C10H11F3N2O2S/c1-5-7(8(16)17)18-9(14-5)15-3-2-6(4-15)10(11,12)13/h6H,2-4H2,1H3,(H,16,17). The van der Waals surface area contributed by atoms with Gasteiger partial charge in [-0.25, -0.2) is 9.78 Å². The number of aromatic carboxylic acids is 1. The summed E-state index contributed by atoms with van der Waals surface area (Å²) in [7, 11) is 0. The number of aryl methyl sites for hydroxylation is 1. The van der Waals surface area contributed by atoms with E-state index in [1.54, 1.807) is 6.92 Å². The van der Waals surface area contributed by atoms with Crippen molar-refractivity contribution in [3.05, 3.63) is 10.6 Å². The molecule has 1 unspecified atom stereocenters. The zero-order valence-corrected chi connectivity index (χ0v) is 10.3. The molecule has 8 heteroatoms. The number of hydrogen-bond donors (Lipinski definition) is 1. The molecule has 1 aromatic heterocycles. The molecule has 1 saturated heterocycles. The lowest BCUT2D eigenvalue weighted by atomic mass is 10.1. The summed E-state index contributed by atoms with van der Waals surface area (Å²) in [6, 6.07) is 0. The van der Waals surface area contributed by atoms with Crippen LogP contribution in [0.5, 0.6) is 0 Å². The van der Waals surface area contributed by atoms with E-state index < -0.39 is 18.1 Å². The highest BCUT2D eigenvalue weighted by atomic mass is 32.1. The summed E-state index contributed by atoms with van der Waals surface area (Å²) in [5.41, 5.74) is 0.345. The molecule has 0 radical (unpaired) electrons. The van der Waals surface area contributed by atoms with Gasteiger partial charge in [-0.05, 0) is 13.3 Å². The number of carboxylic acids is 1.